The monoisotopic (exact) mass is 302 g/mol. The Morgan fingerprint density at radius 2 is 1.59 bits per heavy atom. The van der Waals surface area contributed by atoms with Gasteiger partial charge < -0.3 is 18.6 Å². The first-order valence-electron chi connectivity index (χ1n) is 7.25. The highest BCUT2D eigenvalue weighted by molar-refractivity contribution is 5.93. The summed E-state index contributed by atoms with van der Waals surface area (Å²) in [7, 11) is 0. The molecule has 0 atom stereocenters. The first kappa shape index (κ1) is 14.4. The van der Waals surface area contributed by atoms with Crippen molar-refractivity contribution in [1.29, 1.82) is 0 Å². The molecule has 1 saturated heterocycles. The Bertz CT molecular complexity index is 660. The quantitative estimate of drug-likeness (QED) is 0.852. The fourth-order valence-electron chi connectivity index (χ4n) is 2.50. The summed E-state index contributed by atoms with van der Waals surface area (Å²) < 4.78 is 10.6. The zero-order valence-electron chi connectivity index (χ0n) is 12.7. The number of rotatable bonds is 2. The molecule has 0 bridgehead atoms. The van der Waals surface area contributed by atoms with Crippen molar-refractivity contribution in [1.82, 2.24) is 9.80 Å². The molecule has 0 radical (unpaired) electrons. The minimum Gasteiger partial charge on any atom is -0.459 e. The van der Waals surface area contributed by atoms with Gasteiger partial charge in [0.1, 0.15) is 5.76 Å². The molecule has 1 fully saturated rings. The average molecular weight is 302 g/mol. The maximum Gasteiger partial charge on any atom is 0.289 e. The van der Waals surface area contributed by atoms with Gasteiger partial charge in [-0.05, 0) is 37.6 Å². The van der Waals surface area contributed by atoms with E-state index in [4.69, 9.17) is 8.83 Å². The van der Waals surface area contributed by atoms with Gasteiger partial charge >= 0.3 is 0 Å². The van der Waals surface area contributed by atoms with Gasteiger partial charge in [-0.2, -0.15) is 0 Å². The van der Waals surface area contributed by atoms with Crippen molar-refractivity contribution in [2.75, 3.05) is 26.2 Å². The Hall–Kier alpha value is -2.50. The summed E-state index contributed by atoms with van der Waals surface area (Å²) in [5, 5.41) is 0. The van der Waals surface area contributed by atoms with E-state index in [0.29, 0.717) is 37.7 Å². The SMILES string of the molecule is Cc1cc(C(=O)N2CCN(C(=O)c3ccco3)CC2)oc1C. The minimum atomic E-state index is -0.137. The van der Waals surface area contributed by atoms with Crippen LogP contribution in [-0.2, 0) is 0 Å². The number of carbonyl (C=O) groups is 2. The molecular weight excluding hydrogens is 284 g/mol. The van der Waals surface area contributed by atoms with E-state index in [2.05, 4.69) is 0 Å². The van der Waals surface area contributed by atoms with E-state index in [-0.39, 0.29) is 11.8 Å². The lowest BCUT2D eigenvalue weighted by atomic mass is 10.2. The van der Waals surface area contributed by atoms with Gasteiger partial charge in [0, 0.05) is 26.2 Å². The lowest BCUT2D eigenvalue weighted by Crippen LogP contribution is -2.50. The number of carbonyl (C=O) groups excluding carboxylic acids is 2. The summed E-state index contributed by atoms with van der Waals surface area (Å²) in [5.41, 5.74) is 0.968. The number of amides is 2. The molecule has 6 heteroatoms. The number of hydrogen-bond acceptors (Lipinski definition) is 4. The predicted octanol–water partition coefficient (Wildman–Crippen LogP) is 2.09. The van der Waals surface area contributed by atoms with Gasteiger partial charge in [0.25, 0.3) is 11.8 Å². The standard InChI is InChI=1S/C16H18N2O4/c1-11-10-14(22-12(11)2)16(20)18-7-5-17(6-8-18)15(19)13-4-3-9-21-13/h3-4,9-10H,5-8H2,1-2H3. The average Bonchev–Trinajstić information content (AvgIpc) is 3.17. The molecule has 22 heavy (non-hydrogen) atoms. The first-order valence-corrected chi connectivity index (χ1v) is 7.25. The van der Waals surface area contributed by atoms with Crippen LogP contribution in [0.25, 0.3) is 0 Å². The Kier molecular flexibility index (Phi) is 3.75. The Labute approximate surface area is 128 Å². The normalized spacial score (nSPS) is 15.2. The third-order valence-corrected chi connectivity index (χ3v) is 3.96. The van der Waals surface area contributed by atoms with Crippen LogP contribution in [0.2, 0.25) is 0 Å². The highest BCUT2D eigenvalue weighted by Crippen LogP contribution is 2.17. The van der Waals surface area contributed by atoms with Crippen molar-refractivity contribution in [3.63, 3.8) is 0 Å². The summed E-state index contributed by atoms with van der Waals surface area (Å²) in [5.74, 6) is 1.19. The molecule has 3 heterocycles. The smallest absolute Gasteiger partial charge is 0.289 e. The lowest BCUT2D eigenvalue weighted by molar-refractivity contribution is 0.0501. The summed E-state index contributed by atoms with van der Waals surface area (Å²) in [6.45, 7) is 5.71. The third-order valence-electron chi connectivity index (χ3n) is 3.96. The maximum atomic E-state index is 12.4. The van der Waals surface area contributed by atoms with Crippen LogP contribution in [0.4, 0.5) is 0 Å². The molecular formula is C16H18N2O4. The molecule has 0 N–H and O–H groups in total. The molecule has 3 rings (SSSR count). The number of piperazine rings is 1. The van der Waals surface area contributed by atoms with Crippen molar-refractivity contribution in [3.05, 3.63) is 47.3 Å². The largest absolute Gasteiger partial charge is 0.459 e. The summed E-state index contributed by atoms with van der Waals surface area (Å²) in [4.78, 5) is 28.0. The van der Waals surface area contributed by atoms with Crippen LogP contribution in [0, 0.1) is 13.8 Å². The molecule has 116 valence electrons. The molecule has 0 unspecified atom stereocenters. The van der Waals surface area contributed by atoms with Crippen LogP contribution >= 0.6 is 0 Å². The molecule has 0 spiro atoms. The van der Waals surface area contributed by atoms with Gasteiger partial charge in [-0.15, -0.1) is 0 Å². The van der Waals surface area contributed by atoms with Crippen LogP contribution in [0.1, 0.15) is 32.4 Å². The highest BCUT2D eigenvalue weighted by Gasteiger charge is 2.28. The predicted molar refractivity (Wildman–Crippen MR) is 78.7 cm³/mol. The van der Waals surface area contributed by atoms with E-state index in [0.717, 1.165) is 11.3 Å². The van der Waals surface area contributed by atoms with Gasteiger partial charge in [-0.1, -0.05) is 0 Å². The van der Waals surface area contributed by atoms with Gasteiger partial charge in [-0.25, -0.2) is 0 Å². The summed E-state index contributed by atoms with van der Waals surface area (Å²) in [6.07, 6.45) is 1.48. The number of nitrogens with zero attached hydrogens (tertiary/aromatic N) is 2. The highest BCUT2D eigenvalue weighted by atomic mass is 16.4. The van der Waals surface area contributed by atoms with Crippen LogP contribution in [0.3, 0.4) is 0 Å². The van der Waals surface area contributed by atoms with E-state index in [1.54, 1.807) is 28.0 Å². The third kappa shape index (κ3) is 2.64. The van der Waals surface area contributed by atoms with Crippen LogP contribution in [0.15, 0.2) is 33.3 Å². The molecule has 0 aliphatic carbocycles. The fourth-order valence-corrected chi connectivity index (χ4v) is 2.50. The van der Waals surface area contributed by atoms with E-state index >= 15 is 0 Å². The number of aryl methyl sites for hydroxylation is 2. The molecule has 6 nitrogen and oxygen atoms in total. The number of furan rings is 2. The number of hydrogen-bond donors (Lipinski definition) is 0. The summed E-state index contributed by atoms with van der Waals surface area (Å²) >= 11 is 0. The summed E-state index contributed by atoms with van der Waals surface area (Å²) in [6, 6.07) is 5.10. The molecule has 2 aromatic heterocycles. The molecule has 2 aromatic rings. The molecule has 1 aliphatic rings. The van der Waals surface area contributed by atoms with E-state index in [9.17, 15) is 9.59 Å². The Morgan fingerprint density at radius 3 is 2.05 bits per heavy atom. The Morgan fingerprint density at radius 1 is 1.00 bits per heavy atom. The van der Waals surface area contributed by atoms with Crippen molar-refractivity contribution < 1.29 is 18.4 Å². The van der Waals surface area contributed by atoms with Crippen LogP contribution in [0.5, 0.6) is 0 Å². The van der Waals surface area contributed by atoms with Crippen molar-refractivity contribution >= 4 is 11.8 Å². The van der Waals surface area contributed by atoms with Crippen molar-refractivity contribution in [2.24, 2.45) is 0 Å². The van der Waals surface area contributed by atoms with Gasteiger partial charge in [-0.3, -0.25) is 9.59 Å². The van der Waals surface area contributed by atoms with E-state index in [1.165, 1.54) is 6.26 Å². The minimum absolute atomic E-state index is 0.124. The zero-order chi connectivity index (χ0) is 15.7. The lowest BCUT2D eigenvalue weighted by Gasteiger charge is -2.33. The molecule has 2 amide bonds. The maximum absolute atomic E-state index is 12.4. The zero-order valence-corrected chi connectivity index (χ0v) is 12.7. The van der Waals surface area contributed by atoms with Gasteiger partial charge in [0.2, 0.25) is 0 Å². The second-order valence-electron chi connectivity index (χ2n) is 5.41. The second-order valence-corrected chi connectivity index (χ2v) is 5.41. The van der Waals surface area contributed by atoms with Gasteiger partial charge in [0.05, 0.1) is 6.26 Å². The van der Waals surface area contributed by atoms with Crippen molar-refractivity contribution in [3.8, 4) is 0 Å². The second kappa shape index (κ2) is 5.71. The topological polar surface area (TPSA) is 66.9 Å². The fraction of sp³-hybridized carbons (Fsp3) is 0.375. The first-order chi connectivity index (χ1) is 10.6. The van der Waals surface area contributed by atoms with Crippen molar-refractivity contribution in [2.45, 2.75) is 13.8 Å². The van der Waals surface area contributed by atoms with Gasteiger partial charge in [0.15, 0.2) is 11.5 Å². The molecule has 1 aliphatic heterocycles. The van der Waals surface area contributed by atoms with E-state index in [1.807, 2.05) is 13.8 Å². The molecule has 0 aromatic carbocycles. The van der Waals surface area contributed by atoms with Crippen LogP contribution in [-0.4, -0.2) is 47.8 Å². The van der Waals surface area contributed by atoms with Crippen LogP contribution < -0.4 is 0 Å². The van der Waals surface area contributed by atoms with E-state index < -0.39 is 0 Å². The Balaban J connectivity index is 1.62. The molecule has 0 saturated carbocycles.